The molecule has 0 fully saturated rings. The van der Waals surface area contributed by atoms with Crippen molar-refractivity contribution in [3.8, 4) is 5.88 Å². The van der Waals surface area contributed by atoms with Crippen LogP contribution in [0.4, 0.5) is 0 Å². The summed E-state index contributed by atoms with van der Waals surface area (Å²) in [5.41, 5.74) is -0.604. The Morgan fingerprint density at radius 2 is 2.08 bits per heavy atom. The number of hydrogen-bond acceptors (Lipinski definition) is 5. The fourth-order valence-corrected chi connectivity index (χ4v) is 2.62. The Labute approximate surface area is 140 Å². The maximum absolute atomic E-state index is 12.4. The van der Waals surface area contributed by atoms with Gasteiger partial charge in [0, 0.05) is 19.3 Å². The van der Waals surface area contributed by atoms with Gasteiger partial charge in [-0.25, -0.2) is 0 Å². The van der Waals surface area contributed by atoms with Crippen molar-refractivity contribution in [2.75, 3.05) is 26.2 Å². The van der Waals surface area contributed by atoms with Gasteiger partial charge in [0.15, 0.2) is 5.56 Å². The van der Waals surface area contributed by atoms with Gasteiger partial charge in [0.25, 0.3) is 11.5 Å². The van der Waals surface area contributed by atoms with Gasteiger partial charge in [-0.3, -0.25) is 14.0 Å². The Bertz CT molecular complexity index is 768. The third-order valence-electron chi connectivity index (χ3n) is 4.02. The quantitative estimate of drug-likeness (QED) is 0.793. The van der Waals surface area contributed by atoms with Crippen molar-refractivity contribution in [2.24, 2.45) is 5.92 Å². The van der Waals surface area contributed by atoms with Crippen molar-refractivity contribution < 1.29 is 9.90 Å². The molecule has 7 heteroatoms. The minimum atomic E-state index is -0.602. The summed E-state index contributed by atoms with van der Waals surface area (Å²) in [6.07, 6.45) is 1.52. The number of aromatic nitrogens is 2. The summed E-state index contributed by atoms with van der Waals surface area (Å²) in [5, 5.41) is 12.7. The number of fused-ring (bicyclic) bond motifs is 1. The highest BCUT2D eigenvalue weighted by Gasteiger charge is 2.20. The molecule has 2 aromatic heterocycles. The van der Waals surface area contributed by atoms with Crippen molar-refractivity contribution in [1.82, 2.24) is 19.6 Å². The molecule has 0 saturated carbocycles. The van der Waals surface area contributed by atoms with E-state index in [1.165, 1.54) is 10.6 Å². The minimum absolute atomic E-state index is 0.229. The van der Waals surface area contributed by atoms with Crippen molar-refractivity contribution in [3.05, 3.63) is 40.3 Å². The lowest BCUT2D eigenvalue weighted by Crippen LogP contribution is -2.37. The van der Waals surface area contributed by atoms with E-state index in [-0.39, 0.29) is 11.5 Å². The Balaban J connectivity index is 2.13. The van der Waals surface area contributed by atoms with E-state index in [1.807, 2.05) is 6.92 Å². The topological polar surface area (TPSA) is 86.9 Å². The first-order valence-electron chi connectivity index (χ1n) is 8.18. The van der Waals surface area contributed by atoms with Crippen LogP contribution < -0.4 is 10.9 Å². The maximum atomic E-state index is 12.4. The lowest BCUT2D eigenvalue weighted by atomic mass is 10.1. The number of hydrogen-bond donors (Lipinski definition) is 2. The number of nitrogens with one attached hydrogen (secondary N) is 1. The highest BCUT2D eigenvalue weighted by molar-refractivity contribution is 5.96. The molecule has 0 aliphatic rings. The molecular weight excluding hydrogens is 308 g/mol. The summed E-state index contributed by atoms with van der Waals surface area (Å²) in [7, 11) is 0. The van der Waals surface area contributed by atoms with E-state index in [4.69, 9.17) is 0 Å². The van der Waals surface area contributed by atoms with Crippen molar-refractivity contribution in [3.63, 3.8) is 0 Å². The van der Waals surface area contributed by atoms with Crippen LogP contribution in [0, 0.1) is 5.92 Å². The molecule has 0 aromatic carbocycles. The van der Waals surface area contributed by atoms with E-state index in [2.05, 4.69) is 29.0 Å². The highest BCUT2D eigenvalue weighted by Crippen LogP contribution is 2.11. The van der Waals surface area contributed by atoms with Gasteiger partial charge in [-0.1, -0.05) is 26.8 Å². The molecule has 0 unspecified atom stereocenters. The van der Waals surface area contributed by atoms with Crippen LogP contribution >= 0.6 is 0 Å². The minimum Gasteiger partial charge on any atom is -0.493 e. The zero-order valence-electron chi connectivity index (χ0n) is 14.3. The number of pyridine rings is 1. The molecule has 2 rings (SSSR count). The number of nitrogens with zero attached hydrogens (tertiary/aromatic N) is 3. The molecule has 0 bridgehead atoms. The van der Waals surface area contributed by atoms with Gasteiger partial charge in [-0.15, -0.1) is 0 Å². The second-order valence-electron chi connectivity index (χ2n) is 5.85. The largest absolute Gasteiger partial charge is 0.493 e. The van der Waals surface area contributed by atoms with E-state index in [9.17, 15) is 14.7 Å². The van der Waals surface area contributed by atoms with E-state index in [0.717, 1.165) is 19.6 Å². The predicted molar refractivity (Wildman–Crippen MR) is 92.4 cm³/mol. The van der Waals surface area contributed by atoms with Crippen LogP contribution in [0.2, 0.25) is 0 Å². The van der Waals surface area contributed by atoms with Crippen LogP contribution in [-0.4, -0.2) is 51.5 Å². The molecule has 0 spiro atoms. The summed E-state index contributed by atoms with van der Waals surface area (Å²) in [6, 6.07) is 4.96. The average molecular weight is 332 g/mol. The van der Waals surface area contributed by atoms with Crippen molar-refractivity contribution in [2.45, 2.75) is 20.8 Å². The number of carbonyl (C=O) groups excluding carboxylic acids is 1. The standard InChI is InChI=1S/C17H24N4O3/c1-4-20(5-2)11-12(3)10-18-15(22)14-16(23)19-13-8-6-7-9-21(13)17(14)24/h6-9,12,23H,4-5,10-11H2,1-3H3,(H,18,22)/t12-/m1/s1. The van der Waals surface area contributed by atoms with Crippen LogP contribution in [0.25, 0.3) is 5.65 Å². The van der Waals surface area contributed by atoms with Gasteiger partial charge in [0.2, 0.25) is 5.88 Å². The monoisotopic (exact) mass is 332 g/mol. The predicted octanol–water partition coefficient (Wildman–Crippen LogP) is 1.11. The smallest absolute Gasteiger partial charge is 0.274 e. The normalized spacial score (nSPS) is 12.5. The summed E-state index contributed by atoms with van der Waals surface area (Å²) in [4.78, 5) is 30.9. The van der Waals surface area contributed by atoms with Crippen molar-refractivity contribution in [1.29, 1.82) is 0 Å². The third-order valence-corrected chi connectivity index (χ3v) is 4.02. The maximum Gasteiger partial charge on any atom is 0.274 e. The lowest BCUT2D eigenvalue weighted by Gasteiger charge is -2.22. The van der Waals surface area contributed by atoms with Crippen molar-refractivity contribution >= 4 is 11.6 Å². The average Bonchev–Trinajstić information content (AvgIpc) is 2.57. The summed E-state index contributed by atoms with van der Waals surface area (Å²) >= 11 is 0. The zero-order chi connectivity index (χ0) is 17.7. The van der Waals surface area contributed by atoms with Gasteiger partial charge in [-0.05, 0) is 31.1 Å². The van der Waals surface area contributed by atoms with Crippen LogP contribution in [-0.2, 0) is 0 Å². The first kappa shape index (κ1) is 17.9. The van der Waals surface area contributed by atoms with Gasteiger partial charge >= 0.3 is 0 Å². The fraction of sp³-hybridized carbons (Fsp3) is 0.471. The summed E-state index contributed by atoms with van der Waals surface area (Å²) < 4.78 is 1.24. The SMILES string of the molecule is CCN(CC)C[C@H](C)CNC(=O)c1c(O)nc2ccccn2c1=O. The molecule has 0 aliphatic heterocycles. The summed E-state index contributed by atoms with van der Waals surface area (Å²) in [5.74, 6) is -0.915. The van der Waals surface area contributed by atoms with E-state index in [1.54, 1.807) is 18.2 Å². The molecule has 7 nitrogen and oxygen atoms in total. The van der Waals surface area contributed by atoms with Gasteiger partial charge < -0.3 is 15.3 Å². The van der Waals surface area contributed by atoms with E-state index < -0.39 is 17.3 Å². The van der Waals surface area contributed by atoms with Crippen LogP contribution in [0.1, 0.15) is 31.1 Å². The fourth-order valence-electron chi connectivity index (χ4n) is 2.62. The lowest BCUT2D eigenvalue weighted by molar-refractivity contribution is 0.0939. The molecule has 1 amide bonds. The molecule has 2 aromatic rings. The van der Waals surface area contributed by atoms with Gasteiger partial charge in [-0.2, -0.15) is 4.98 Å². The third kappa shape index (κ3) is 3.91. The molecule has 0 saturated heterocycles. The summed E-state index contributed by atoms with van der Waals surface area (Å²) in [6.45, 7) is 9.39. The van der Waals surface area contributed by atoms with E-state index in [0.29, 0.717) is 12.2 Å². The number of amides is 1. The number of rotatable bonds is 7. The Hall–Kier alpha value is -2.41. The molecule has 1 atom stereocenters. The van der Waals surface area contributed by atoms with Crippen LogP contribution in [0.5, 0.6) is 5.88 Å². The molecule has 2 heterocycles. The second-order valence-corrected chi connectivity index (χ2v) is 5.85. The Morgan fingerprint density at radius 3 is 2.75 bits per heavy atom. The van der Waals surface area contributed by atoms with Crippen LogP contribution in [0.15, 0.2) is 29.2 Å². The van der Waals surface area contributed by atoms with Gasteiger partial charge in [0.05, 0.1) is 0 Å². The highest BCUT2D eigenvalue weighted by atomic mass is 16.3. The second kappa shape index (κ2) is 7.92. The Kier molecular flexibility index (Phi) is 5.92. The number of aromatic hydroxyl groups is 1. The molecule has 130 valence electrons. The Morgan fingerprint density at radius 1 is 1.38 bits per heavy atom. The molecule has 0 radical (unpaired) electrons. The molecule has 24 heavy (non-hydrogen) atoms. The molecule has 0 aliphatic carbocycles. The van der Waals surface area contributed by atoms with Crippen LogP contribution in [0.3, 0.4) is 0 Å². The molecule has 2 N–H and O–H groups in total. The first-order valence-corrected chi connectivity index (χ1v) is 8.18. The zero-order valence-corrected chi connectivity index (χ0v) is 14.3. The van der Waals surface area contributed by atoms with Gasteiger partial charge in [0.1, 0.15) is 5.65 Å². The van der Waals surface area contributed by atoms with E-state index >= 15 is 0 Å². The molecular formula is C17H24N4O3. The first-order chi connectivity index (χ1) is 11.5. The number of carbonyl (C=O) groups is 1.